The first-order chi connectivity index (χ1) is 15.8. The Hall–Kier alpha value is -2.22. The molecule has 0 atom stereocenters. The van der Waals surface area contributed by atoms with Crippen LogP contribution in [0.2, 0.25) is 0 Å². The van der Waals surface area contributed by atoms with E-state index in [-0.39, 0.29) is 0 Å². The molecule has 0 spiro atoms. The van der Waals surface area contributed by atoms with Crippen molar-refractivity contribution in [3.05, 3.63) is 35.7 Å². The third-order valence-corrected chi connectivity index (χ3v) is 7.68. The molecule has 1 aliphatic heterocycles. The number of nitrogens with one attached hydrogen (secondary N) is 2. The van der Waals surface area contributed by atoms with Gasteiger partial charge in [0.1, 0.15) is 10.6 Å². The quantitative estimate of drug-likeness (QED) is 0.457. The van der Waals surface area contributed by atoms with Gasteiger partial charge >= 0.3 is 0 Å². The van der Waals surface area contributed by atoms with Gasteiger partial charge in [-0.05, 0) is 43.7 Å². The zero-order chi connectivity index (χ0) is 21.8. The monoisotopic (exact) mass is 451 g/mol. The van der Waals surface area contributed by atoms with E-state index in [0.717, 1.165) is 42.2 Å². The van der Waals surface area contributed by atoms with Crippen molar-refractivity contribution in [1.82, 2.24) is 15.3 Å². The first-order valence-electron chi connectivity index (χ1n) is 11.9. The van der Waals surface area contributed by atoms with Crippen LogP contribution in [0.25, 0.3) is 21.3 Å². The number of benzene rings is 1. The van der Waals surface area contributed by atoms with Gasteiger partial charge in [-0.1, -0.05) is 36.8 Å². The molecule has 0 unspecified atom stereocenters. The van der Waals surface area contributed by atoms with Gasteiger partial charge in [-0.15, -0.1) is 11.3 Å². The Morgan fingerprint density at radius 1 is 1.09 bits per heavy atom. The number of ether oxygens (including phenoxy) is 1. The molecular formula is C25H33N5OS. The predicted molar refractivity (Wildman–Crippen MR) is 134 cm³/mol. The van der Waals surface area contributed by atoms with Crippen LogP contribution in [0.5, 0.6) is 0 Å². The lowest BCUT2D eigenvalue weighted by Gasteiger charge is -2.35. The van der Waals surface area contributed by atoms with Crippen molar-refractivity contribution in [2.24, 2.45) is 5.92 Å². The maximum atomic E-state index is 5.19. The number of nitrogens with zero attached hydrogens (tertiary/aromatic N) is 3. The van der Waals surface area contributed by atoms with Crippen molar-refractivity contribution in [3.63, 3.8) is 0 Å². The lowest BCUT2D eigenvalue weighted by molar-refractivity contribution is 0.210. The zero-order valence-corrected chi connectivity index (χ0v) is 19.7. The highest BCUT2D eigenvalue weighted by Gasteiger charge is 2.26. The SMILES string of the molecule is COCCNc1nc(N2CCC(CNC3CCC3)CC2)c2c(-c3ccccc3)csc2n1. The Morgan fingerprint density at radius 3 is 2.62 bits per heavy atom. The normalized spacial score (nSPS) is 17.6. The average molecular weight is 452 g/mol. The molecule has 3 heterocycles. The Morgan fingerprint density at radius 2 is 1.91 bits per heavy atom. The Labute approximate surface area is 194 Å². The molecule has 2 aliphatic rings. The lowest BCUT2D eigenvalue weighted by Crippen LogP contribution is -2.42. The van der Waals surface area contributed by atoms with Gasteiger partial charge in [0, 0.05) is 43.7 Å². The predicted octanol–water partition coefficient (Wildman–Crippen LogP) is 4.78. The maximum Gasteiger partial charge on any atom is 0.226 e. The summed E-state index contributed by atoms with van der Waals surface area (Å²) in [6.45, 7) is 4.59. The largest absolute Gasteiger partial charge is 0.383 e. The van der Waals surface area contributed by atoms with Crippen molar-refractivity contribution >= 4 is 33.3 Å². The first kappa shape index (κ1) is 21.6. The van der Waals surface area contributed by atoms with E-state index in [1.54, 1.807) is 18.4 Å². The Balaban J connectivity index is 1.39. The van der Waals surface area contributed by atoms with Gasteiger partial charge < -0.3 is 20.3 Å². The summed E-state index contributed by atoms with van der Waals surface area (Å²) < 4.78 is 5.19. The minimum absolute atomic E-state index is 0.635. The number of aromatic nitrogens is 2. The third-order valence-electron chi connectivity index (χ3n) is 6.80. The number of piperidine rings is 1. The van der Waals surface area contributed by atoms with E-state index < -0.39 is 0 Å². The van der Waals surface area contributed by atoms with Crippen molar-refractivity contribution in [3.8, 4) is 11.1 Å². The van der Waals surface area contributed by atoms with Crippen molar-refractivity contribution in [2.75, 3.05) is 50.1 Å². The Bertz CT molecular complexity index is 1010. The fraction of sp³-hybridized carbons (Fsp3) is 0.520. The highest BCUT2D eigenvalue weighted by molar-refractivity contribution is 7.17. The molecule has 0 amide bonds. The molecule has 3 aromatic rings. The highest BCUT2D eigenvalue weighted by atomic mass is 32.1. The maximum absolute atomic E-state index is 5.19. The summed E-state index contributed by atoms with van der Waals surface area (Å²) in [5, 5.41) is 10.5. The second-order valence-electron chi connectivity index (χ2n) is 8.95. The molecule has 5 rings (SSSR count). The van der Waals surface area contributed by atoms with Crippen LogP contribution < -0.4 is 15.5 Å². The van der Waals surface area contributed by atoms with E-state index >= 15 is 0 Å². The lowest BCUT2D eigenvalue weighted by atomic mass is 9.91. The summed E-state index contributed by atoms with van der Waals surface area (Å²) in [4.78, 5) is 13.4. The van der Waals surface area contributed by atoms with Crippen molar-refractivity contribution in [2.45, 2.75) is 38.1 Å². The number of thiophene rings is 1. The van der Waals surface area contributed by atoms with Gasteiger partial charge in [-0.2, -0.15) is 4.98 Å². The van der Waals surface area contributed by atoms with Crippen LogP contribution in [0, 0.1) is 5.92 Å². The number of anilines is 2. The Kier molecular flexibility index (Phi) is 6.86. The number of hydrogen-bond acceptors (Lipinski definition) is 7. The highest BCUT2D eigenvalue weighted by Crippen LogP contribution is 2.40. The molecule has 1 saturated carbocycles. The second kappa shape index (κ2) is 10.1. The van der Waals surface area contributed by atoms with Crippen LogP contribution in [-0.4, -0.2) is 55.9 Å². The van der Waals surface area contributed by atoms with Crippen LogP contribution in [0.15, 0.2) is 35.7 Å². The molecule has 7 heteroatoms. The molecule has 170 valence electrons. The summed E-state index contributed by atoms with van der Waals surface area (Å²) in [5.41, 5.74) is 2.46. The summed E-state index contributed by atoms with van der Waals surface area (Å²) in [6.07, 6.45) is 6.53. The number of rotatable bonds is 9. The average Bonchev–Trinajstić information content (AvgIpc) is 3.23. The number of methoxy groups -OCH3 is 1. The van der Waals surface area contributed by atoms with E-state index in [1.165, 1.54) is 48.6 Å². The summed E-state index contributed by atoms with van der Waals surface area (Å²) in [6, 6.07) is 11.4. The molecule has 1 aromatic carbocycles. The van der Waals surface area contributed by atoms with E-state index in [0.29, 0.717) is 19.1 Å². The van der Waals surface area contributed by atoms with E-state index in [4.69, 9.17) is 14.7 Å². The summed E-state index contributed by atoms with van der Waals surface area (Å²) >= 11 is 1.70. The molecule has 6 nitrogen and oxygen atoms in total. The fourth-order valence-corrected chi connectivity index (χ4v) is 5.56. The molecule has 0 bridgehead atoms. The molecule has 1 saturated heterocycles. The minimum atomic E-state index is 0.635. The summed E-state index contributed by atoms with van der Waals surface area (Å²) in [7, 11) is 1.71. The van der Waals surface area contributed by atoms with Gasteiger partial charge in [0.05, 0.1) is 12.0 Å². The smallest absolute Gasteiger partial charge is 0.226 e. The van der Waals surface area contributed by atoms with E-state index in [2.05, 4.69) is 51.2 Å². The van der Waals surface area contributed by atoms with Gasteiger partial charge in [0.2, 0.25) is 5.95 Å². The van der Waals surface area contributed by atoms with Gasteiger partial charge in [-0.3, -0.25) is 0 Å². The first-order valence-corrected chi connectivity index (χ1v) is 12.8. The van der Waals surface area contributed by atoms with Crippen LogP contribution in [-0.2, 0) is 4.74 Å². The molecule has 2 aromatic heterocycles. The van der Waals surface area contributed by atoms with Gasteiger partial charge in [0.25, 0.3) is 0 Å². The van der Waals surface area contributed by atoms with Crippen molar-refractivity contribution in [1.29, 1.82) is 0 Å². The standard InChI is InChI=1S/C25H33N5OS/c1-31-15-12-26-25-28-23(30-13-10-18(11-14-30)16-27-20-8-5-9-20)22-21(17-32-24(22)29-25)19-6-3-2-4-7-19/h2-4,6-7,17-18,20,27H,5,8-16H2,1H3,(H,26,28,29). The summed E-state index contributed by atoms with van der Waals surface area (Å²) in [5.74, 6) is 2.53. The van der Waals surface area contributed by atoms with Crippen LogP contribution >= 0.6 is 11.3 Å². The second-order valence-corrected chi connectivity index (χ2v) is 9.81. The molecule has 2 N–H and O–H groups in total. The molecule has 0 radical (unpaired) electrons. The van der Waals surface area contributed by atoms with Crippen molar-refractivity contribution < 1.29 is 4.74 Å². The third kappa shape index (κ3) is 4.75. The molecule has 2 fully saturated rings. The van der Waals surface area contributed by atoms with Crippen LogP contribution in [0.3, 0.4) is 0 Å². The van der Waals surface area contributed by atoms with Crippen LogP contribution in [0.1, 0.15) is 32.1 Å². The molecule has 32 heavy (non-hydrogen) atoms. The fourth-order valence-electron chi connectivity index (χ4n) is 4.62. The number of fused-ring (bicyclic) bond motifs is 1. The van der Waals surface area contributed by atoms with E-state index in [9.17, 15) is 0 Å². The van der Waals surface area contributed by atoms with Crippen LogP contribution in [0.4, 0.5) is 11.8 Å². The molecular weight excluding hydrogens is 418 g/mol. The van der Waals surface area contributed by atoms with Gasteiger partial charge in [-0.25, -0.2) is 4.98 Å². The zero-order valence-electron chi connectivity index (χ0n) is 18.8. The topological polar surface area (TPSA) is 62.3 Å². The van der Waals surface area contributed by atoms with Gasteiger partial charge in [0.15, 0.2) is 0 Å². The number of hydrogen-bond donors (Lipinski definition) is 2. The van der Waals surface area contributed by atoms with E-state index in [1.807, 2.05) is 0 Å². The molecule has 1 aliphatic carbocycles. The minimum Gasteiger partial charge on any atom is -0.383 e.